The predicted molar refractivity (Wildman–Crippen MR) is 145 cm³/mol. The fourth-order valence-electron chi connectivity index (χ4n) is 4.75. The van der Waals surface area contributed by atoms with Crippen LogP contribution in [0.1, 0.15) is 18.1 Å². The molecule has 0 aliphatic carbocycles. The predicted octanol–water partition coefficient (Wildman–Crippen LogP) is 4.20. The van der Waals surface area contributed by atoms with Gasteiger partial charge in [-0.1, -0.05) is 23.7 Å². The molecule has 2 aromatic heterocycles. The second-order valence-corrected chi connectivity index (χ2v) is 9.58. The first-order valence-electron chi connectivity index (χ1n) is 12.1. The van der Waals surface area contributed by atoms with Gasteiger partial charge < -0.3 is 25.1 Å². The molecule has 2 aromatic carbocycles. The van der Waals surface area contributed by atoms with Gasteiger partial charge in [-0.25, -0.2) is 4.98 Å². The first-order chi connectivity index (χ1) is 17.4. The molecule has 1 aliphatic heterocycles. The highest BCUT2D eigenvalue weighted by atomic mass is 35.5. The van der Waals surface area contributed by atoms with Crippen LogP contribution in [0.15, 0.2) is 53.5 Å². The van der Waals surface area contributed by atoms with Crippen molar-refractivity contribution in [1.29, 1.82) is 0 Å². The van der Waals surface area contributed by atoms with Crippen LogP contribution in [0, 0.1) is 6.92 Å². The molecular weight excluding hydrogens is 476 g/mol. The molecule has 36 heavy (non-hydrogen) atoms. The Morgan fingerprint density at radius 3 is 2.69 bits per heavy atom. The second-order valence-electron chi connectivity index (χ2n) is 9.14. The molecule has 1 saturated heterocycles. The van der Waals surface area contributed by atoms with Crippen LogP contribution >= 0.6 is 11.6 Å². The van der Waals surface area contributed by atoms with E-state index in [0.29, 0.717) is 36.0 Å². The summed E-state index contributed by atoms with van der Waals surface area (Å²) in [7, 11) is 0. The Hall–Kier alpha value is -3.78. The SMILES string of the molecule is CC(=O)N1CCN(c2cc(C)c3nc(-c4c(NCCc5cccc(Cl)c5)cc[nH]c4=O)[nH]c3c2)CC1. The average molecular weight is 505 g/mol. The van der Waals surface area contributed by atoms with Crippen molar-refractivity contribution in [3.63, 3.8) is 0 Å². The van der Waals surface area contributed by atoms with E-state index >= 15 is 0 Å². The number of aromatic nitrogens is 3. The van der Waals surface area contributed by atoms with Crippen LogP contribution in [-0.4, -0.2) is 58.5 Å². The lowest BCUT2D eigenvalue weighted by Gasteiger charge is -2.35. The maximum atomic E-state index is 12.9. The molecule has 186 valence electrons. The van der Waals surface area contributed by atoms with Gasteiger partial charge in [-0.3, -0.25) is 9.59 Å². The third-order valence-electron chi connectivity index (χ3n) is 6.67. The first kappa shape index (κ1) is 23.9. The molecule has 3 N–H and O–H groups in total. The van der Waals surface area contributed by atoms with Crippen LogP contribution in [0.5, 0.6) is 0 Å². The van der Waals surface area contributed by atoms with E-state index in [9.17, 15) is 9.59 Å². The van der Waals surface area contributed by atoms with Gasteiger partial charge in [-0.2, -0.15) is 0 Å². The molecule has 3 heterocycles. The van der Waals surface area contributed by atoms with Crippen molar-refractivity contribution in [3.05, 3.63) is 75.2 Å². The second kappa shape index (κ2) is 10.1. The molecule has 4 aromatic rings. The first-order valence-corrected chi connectivity index (χ1v) is 12.5. The Balaban J connectivity index is 1.40. The summed E-state index contributed by atoms with van der Waals surface area (Å²) in [6.07, 6.45) is 2.41. The molecule has 5 rings (SSSR count). The summed E-state index contributed by atoms with van der Waals surface area (Å²) in [6.45, 7) is 7.28. The minimum Gasteiger partial charge on any atom is -0.384 e. The van der Waals surface area contributed by atoms with E-state index in [0.717, 1.165) is 53.0 Å². The zero-order valence-electron chi connectivity index (χ0n) is 20.4. The third-order valence-corrected chi connectivity index (χ3v) is 6.90. The third kappa shape index (κ3) is 4.95. The number of pyridine rings is 1. The number of amides is 1. The van der Waals surface area contributed by atoms with Crippen molar-refractivity contribution in [2.45, 2.75) is 20.3 Å². The Labute approximate surface area is 214 Å². The number of hydrogen-bond acceptors (Lipinski definition) is 5. The number of fused-ring (bicyclic) bond motifs is 1. The molecular formula is C27H29ClN6O2. The smallest absolute Gasteiger partial charge is 0.261 e. The topological polar surface area (TPSA) is 97.1 Å². The molecule has 1 aliphatic rings. The van der Waals surface area contributed by atoms with E-state index in [-0.39, 0.29) is 11.5 Å². The largest absolute Gasteiger partial charge is 0.384 e. The van der Waals surface area contributed by atoms with Crippen LogP contribution in [-0.2, 0) is 11.2 Å². The fraction of sp³-hybridized carbons (Fsp3) is 0.296. The molecule has 9 heteroatoms. The van der Waals surface area contributed by atoms with Crippen molar-refractivity contribution in [2.24, 2.45) is 0 Å². The minimum absolute atomic E-state index is 0.115. The lowest BCUT2D eigenvalue weighted by Crippen LogP contribution is -2.48. The van der Waals surface area contributed by atoms with Crippen LogP contribution in [0.3, 0.4) is 0 Å². The van der Waals surface area contributed by atoms with Crippen molar-refractivity contribution in [2.75, 3.05) is 42.9 Å². The van der Waals surface area contributed by atoms with E-state index in [4.69, 9.17) is 16.6 Å². The lowest BCUT2D eigenvalue weighted by atomic mass is 10.1. The van der Waals surface area contributed by atoms with E-state index in [1.807, 2.05) is 42.2 Å². The number of benzene rings is 2. The average Bonchev–Trinajstić information content (AvgIpc) is 3.28. The quantitative estimate of drug-likeness (QED) is 0.365. The molecule has 0 radical (unpaired) electrons. The number of carbonyl (C=O) groups excluding carboxylic acids is 1. The number of carbonyl (C=O) groups is 1. The highest BCUT2D eigenvalue weighted by Crippen LogP contribution is 2.29. The number of aryl methyl sites for hydroxylation is 1. The Morgan fingerprint density at radius 1 is 1.14 bits per heavy atom. The van der Waals surface area contributed by atoms with Crippen LogP contribution in [0.25, 0.3) is 22.4 Å². The normalized spacial score (nSPS) is 13.9. The van der Waals surface area contributed by atoms with Crippen LogP contribution < -0.4 is 15.8 Å². The van der Waals surface area contributed by atoms with Crippen LogP contribution in [0.2, 0.25) is 5.02 Å². The number of imidazole rings is 1. The van der Waals surface area contributed by atoms with Crippen LogP contribution in [0.4, 0.5) is 11.4 Å². The maximum absolute atomic E-state index is 12.9. The number of anilines is 2. The van der Waals surface area contributed by atoms with Gasteiger partial charge in [-0.15, -0.1) is 0 Å². The van der Waals surface area contributed by atoms with Gasteiger partial charge in [-0.05, 0) is 54.8 Å². The molecule has 0 bridgehead atoms. The maximum Gasteiger partial charge on any atom is 0.261 e. The summed E-state index contributed by atoms with van der Waals surface area (Å²) in [5.41, 5.74) is 5.94. The summed E-state index contributed by atoms with van der Waals surface area (Å²) in [4.78, 5) is 39.6. The number of nitrogens with zero attached hydrogens (tertiary/aromatic N) is 3. The molecule has 1 amide bonds. The number of aromatic amines is 2. The van der Waals surface area contributed by atoms with Gasteiger partial charge in [0.1, 0.15) is 11.4 Å². The summed E-state index contributed by atoms with van der Waals surface area (Å²) in [6, 6.07) is 13.8. The van der Waals surface area contributed by atoms with E-state index < -0.39 is 0 Å². The van der Waals surface area contributed by atoms with E-state index in [1.54, 1.807) is 13.1 Å². The van der Waals surface area contributed by atoms with E-state index in [2.05, 4.69) is 32.3 Å². The minimum atomic E-state index is -0.208. The Bertz CT molecular complexity index is 1470. The number of halogens is 1. The van der Waals surface area contributed by atoms with Gasteiger partial charge in [0.15, 0.2) is 0 Å². The van der Waals surface area contributed by atoms with Gasteiger partial charge >= 0.3 is 0 Å². The fourth-order valence-corrected chi connectivity index (χ4v) is 4.96. The van der Waals surface area contributed by atoms with Crippen molar-refractivity contribution in [1.82, 2.24) is 19.9 Å². The molecule has 0 spiro atoms. The Morgan fingerprint density at radius 2 is 1.94 bits per heavy atom. The molecule has 0 saturated carbocycles. The highest BCUT2D eigenvalue weighted by Gasteiger charge is 2.21. The highest BCUT2D eigenvalue weighted by molar-refractivity contribution is 6.30. The summed E-state index contributed by atoms with van der Waals surface area (Å²) < 4.78 is 0. The number of H-pyrrole nitrogens is 2. The number of hydrogen-bond donors (Lipinski definition) is 3. The molecule has 0 unspecified atom stereocenters. The van der Waals surface area contributed by atoms with Crippen molar-refractivity contribution in [3.8, 4) is 11.4 Å². The standard InChI is InChI=1S/C27H29ClN6O2/c1-17-14-21(34-12-10-33(11-13-34)18(2)35)16-23-25(17)32-26(31-23)24-22(7-9-30-27(24)36)29-8-6-19-4-3-5-20(28)15-19/h3-5,7,9,14-16H,6,8,10-13H2,1-2H3,(H,31,32)(H2,29,30,36). The Kier molecular flexibility index (Phi) is 6.69. The van der Waals surface area contributed by atoms with Gasteiger partial charge in [0, 0.05) is 56.6 Å². The van der Waals surface area contributed by atoms with E-state index in [1.165, 1.54) is 0 Å². The molecule has 1 fully saturated rings. The summed E-state index contributed by atoms with van der Waals surface area (Å²) >= 11 is 6.10. The monoisotopic (exact) mass is 504 g/mol. The van der Waals surface area contributed by atoms with Gasteiger partial charge in [0.05, 0.1) is 16.7 Å². The van der Waals surface area contributed by atoms with Gasteiger partial charge in [0.25, 0.3) is 5.56 Å². The molecule has 8 nitrogen and oxygen atoms in total. The number of rotatable bonds is 6. The zero-order chi connectivity index (χ0) is 25.2. The van der Waals surface area contributed by atoms with Crippen molar-refractivity contribution < 1.29 is 4.79 Å². The summed E-state index contributed by atoms with van der Waals surface area (Å²) in [5, 5.41) is 4.10. The number of piperazine rings is 1. The summed E-state index contributed by atoms with van der Waals surface area (Å²) in [5.74, 6) is 0.642. The number of nitrogens with one attached hydrogen (secondary N) is 3. The van der Waals surface area contributed by atoms with Crippen molar-refractivity contribution >= 4 is 39.9 Å². The zero-order valence-corrected chi connectivity index (χ0v) is 21.2. The molecule has 0 atom stereocenters. The van der Waals surface area contributed by atoms with Gasteiger partial charge in [0.2, 0.25) is 5.91 Å². The lowest BCUT2D eigenvalue weighted by molar-refractivity contribution is -0.129.